The SMILES string of the molecule is CN1CCC(CNC(=O)C2CCN(C(=O)c3cc4ccccc4n3Cc3ccc(Cl)cc3)CC2)CC1.COC(=O)c1cccc(NC(=O)C2CCN(C(=O)c3cc4ccccc4n3Cc3ccc(Cl)cc3)CC2)c1.Cn1ccc(CNC(=O)C2CCN(C(=O)c3cc4ccccc4n3Cc3ccc(Cl)cc3)CC2)n1.Cn1cnc(CNC(=O)C2CCN(C(=O)c3cc4ccccc4n3Cc3ccc(Cl)cc3)CC2)c1. The summed E-state index contributed by atoms with van der Waals surface area (Å²) in [5.74, 6) is -0.217. The zero-order chi connectivity index (χ0) is 100. The number of aromatic nitrogens is 8. The molecule has 9 aromatic carbocycles. The highest BCUT2D eigenvalue weighted by Gasteiger charge is 2.36. The second-order valence-corrected chi connectivity index (χ2v) is 39.7. The topological polar surface area (TPSA) is 283 Å². The molecule has 0 spiro atoms. The predicted octanol–water partition coefficient (Wildman–Crippen LogP) is 18.8. The molecule has 5 saturated heterocycles. The molecule has 4 N–H and O–H groups in total. The molecule has 20 rings (SSSR count). The number of amides is 8. The minimum Gasteiger partial charge on any atom is -0.465 e. The van der Waals surface area contributed by atoms with Gasteiger partial charge in [0, 0.05) is 205 Å². The number of benzene rings is 9. The molecular weight excluding hydrogens is 1900 g/mol. The Labute approximate surface area is 857 Å². The van der Waals surface area contributed by atoms with E-state index in [2.05, 4.69) is 63.1 Å². The number of nitrogens with one attached hydrogen (secondary N) is 4. The van der Waals surface area contributed by atoms with E-state index in [1.807, 2.05) is 274 Å². The van der Waals surface area contributed by atoms with Gasteiger partial charge in [-0.2, -0.15) is 5.10 Å². The number of methoxy groups -OCH3 is 1. The van der Waals surface area contributed by atoms with E-state index in [1.165, 1.54) is 7.11 Å². The molecule has 744 valence electrons. The van der Waals surface area contributed by atoms with Crippen molar-refractivity contribution < 1.29 is 47.9 Å². The summed E-state index contributed by atoms with van der Waals surface area (Å²) in [6.07, 6.45) is 12.9. The van der Waals surface area contributed by atoms with Crippen molar-refractivity contribution in [1.29, 1.82) is 0 Å². The van der Waals surface area contributed by atoms with Gasteiger partial charge in [0.1, 0.15) is 22.8 Å². The molecule has 15 aromatic rings. The number of hydrogen-bond acceptors (Lipinski definition) is 13. The van der Waals surface area contributed by atoms with Crippen LogP contribution in [0.5, 0.6) is 0 Å². The predicted molar refractivity (Wildman–Crippen MR) is 564 cm³/mol. The molecule has 0 unspecified atom stereocenters. The van der Waals surface area contributed by atoms with Crippen molar-refractivity contribution >= 4 is 149 Å². The van der Waals surface area contributed by atoms with Crippen molar-refractivity contribution in [2.75, 3.05) is 91.5 Å². The van der Waals surface area contributed by atoms with E-state index in [4.69, 9.17) is 51.1 Å². The van der Waals surface area contributed by atoms with Crippen LogP contribution >= 0.6 is 46.4 Å². The Morgan fingerprint density at radius 2 is 0.681 bits per heavy atom. The smallest absolute Gasteiger partial charge is 0.337 e. The Morgan fingerprint density at radius 1 is 0.354 bits per heavy atom. The van der Waals surface area contributed by atoms with Crippen LogP contribution in [0.2, 0.25) is 20.1 Å². The number of fused-ring (bicyclic) bond motifs is 4. The lowest BCUT2D eigenvalue weighted by Gasteiger charge is -2.32. The highest BCUT2D eigenvalue weighted by atomic mass is 35.5. The largest absolute Gasteiger partial charge is 0.465 e. The Hall–Kier alpha value is -14.1. The van der Waals surface area contributed by atoms with Crippen LogP contribution in [0.15, 0.2) is 267 Å². The van der Waals surface area contributed by atoms with Gasteiger partial charge >= 0.3 is 5.97 Å². The van der Waals surface area contributed by atoms with Crippen LogP contribution in [-0.4, -0.2) is 201 Å². The first-order valence-corrected chi connectivity index (χ1v) is 50.8. The first kappa shape index (κ1) is 101. The number of rotatable bonds is 24. The van der Waals surface area contributed by atoms with Gasteiger partial charge in [0.05, 0.1) is 43.5 Å². The van der Waals surface area contributed by atoms with E-state index in [0.717, 1.165) is 110 Å². The number of imidazole rings is 1. The molecule has 27 nitrogen and oxygen atoms in total. The normalized spacial score (nSPS) is 15.2. The number of piperidine rings is 5. The maximum atomic E-state index is 13.7. The maximum Gasteiger partial charge on any atom is 0.337 e. The summed E-state index contributed by atoms with van der Waals surface area (Å²) in [6.45, 7) is 10.6. The molecule has 0 saturated carbocycles. The number of nitrogens with zero attached hydrogens (tertiary/aromatic N) is 13. The number of carbonyl (C=O) groups is 9. The third-order valence-corrected chi connectivity index (χ3v) is 29.1. The summed E-state index contributed by atoms with van der Waals surface area (Å²) in [5, 5.41) is 23.2. The summed E-state index contributed by atoms with van der Waals surface area (Å²) >= 11 is 24.2. The quantitative estimate of drug-likeness (QED) is 0.0410. The lowest BCUT2D eigenvalue weighted by molar-refractivity contribution is -0.127. The molecule has 144 heavy (non-hydrogen) atoms. The first-order chi connectivity index (χ1) is 69.8. The third-order valence-electron chi connectivity index (χ3n) is 28.1. The van der Waals surface area contributed by atoms with E-state index >= 15 is 0 Å². The fourth-order valence-electron chi connectivity index (χ4n) is 19.8. The summed E-state index contributed by atoms with van der Waals surface area (Å²) in [6, 6.07) is 79.5. The van der Waals surface area contributed by atoms with Crippen molar-refractivity contribution in [3.63, 3.8) is 0 Å². The van der Waals surface area contributed by atoms with Crippen LogP contribution in [-0.2, 0) is 77.3 Å². The number of anilines is 1. The number of para-hydroxylation sites is 4. The van der Waals surface area contributed by atoms with Crippen LogP contribution in [0.25, 0.3) is 43.6 Å². The van der Waals surface area contributed by atoms with Crippen molar-refractivity contribution in [2.45, 2.75) is 103 Å². The molecule has 0 radical (unpaired) electrons. The second kappa shape index (κ2) is 47.4. The summed E-state index contributed by atoms with van der Waals surface area (Å²) in [7, 11) is 7.23. The number of hydrogen-bond donors (Lipinski definition) is 4. The van der Waals surface area contributed by atoms with Gasteiger partial charge in [0.25, 0.3) is 23.6 Å². The van der Waals surface area contributed by atoms with E-state index in [1.54, 1.807) is 35.3 Å². The lowest BCUT2D eigenvalue weighted by Crippen LogP contribution is -2.44. The van der Waals surface area contributed by atoms with Gasteiger partial charge in [0.15, 0.2) is 0 Å². The maximum absolute atomic E-state index is 13.7. The third kappa shape index (κ3) is 25.4. The number of carbonyl (C=O) groups excluding carboxylic acids is 9. The molecule has 6 aromatic heterocycles. The van der Waals surface area contributed by atoms with Gasteiger partial charge in [-0.25, -0.2) is 9.78 Å². The summed E-state index contributed by atoms with van der Waals surface area (Å²) in [4.78, 5) is 131. The summed E-state index contributed by atoms with van der Waals surface area (Å²) in [5.41, 5.74) is 13.6. The molecule has 8 amide bonds. The van der Waals surface area contributed by atoms with E-state index in [0.29, 0.717) is 203 Å². The first-order valence-electron chi connectivity index (χ1n) is 49.3. The van der Waals surface area contributed by atoms with Gasteiger partial charge in [-0.15, -0.1) is 0 Å². The van der Waals surface area contributed by atoms with Crippen LogP contribution < -0.4 is 21.3 Å². The Balaban J connectivity index is 0.000000132. The van der Waals surface area contributed by atoms with Crippen LogP contribution in [0.4, 0.5) is 5.69 Å². The van der Waals surface area contributed by atoms with Crippen molar-refractivity contribution in [3.8, 4) is 0 Å². The Bertz CT molecular complexity index is 6860. The Kier molecular flexibility index (Phi) is 33.4. The molecule has 5 aliphatic rings. The molecule has 31 heteroatoms. The van der Waals surface area contributed by atoms with E-state index in [9.17, 15) is 43.2 Å². The van der Waals surface area contributed by atoms with E-state index < -0.39 is 5.97 Å². The number of ether oxygens (including phenoxy) is 1. The molecular formula is C113H119Cl4N17O10. The van der Waals surface area contributed by atoms with Crippen LogP contribution in [0, 0.1) is 29.6 Å². The lowest BCUT2D eigenvalue weighted by atomic mass is 9.94. The molecule has 11 heterocycles. The van der Waals surface area contributed by atoms with Gasteiger partial charge in [-0.1, -0.05) is 174 Å². The molecule has 0 aliphatic carbocycles. The number of aryl methyl sites for hydroxylation is 2. The zero-order valence-electron chi connectivity index (χ0n) is 81.3. The van der Waals surface area contributed by atoms with E-state index in [-0.39, 0.29) is 70.9 Å². The van der Waals surface area contributed by atoms with Gasteiger partial charge in [-0.05, 0) is 234 Å². The average Bonchev–Trinajstić information content (AvgIpc) is 1.65. The van der Waals surface area contributed by atoms with Crippen molar-refractivity contribution in [3.05, 3.63) is 350 Å². The number of likely N-dealkylation sites (tertiary alicyclic amines) is 5. The van der Waals surface area contributed by atoms with Gasteiger partial charge < -0.3 is 73.3 Å². The van der Waals surface area contributed by atoms with Crippen LogP contribution in [0.1, 0.15) is 150 Å². The Morgan fingerprint density at radius 3 is 1.00 bits per heavy atom. The van der Waals surface area contributed by atoms with Crippen molar-refractivity contribution in [1.82, 2.24) is 78.0 Å². The summed E-state index contributed by atoms with van der Waals surface area (Å²) < 4.78 is 16.6. The number of esters is 1. The fourth-order valence-corrected chi connectivity index (χ4v) is 20.4. The second-order valence-electron chi connectivity index (χ2n) is 38.0. The standard InChI is InChI=1S/C30H28ClN3O4.C29H35ClN4O2.2C27H28ClN5O2/c1-38-30(37)23-6-4-7-25(17-23)32-28(35)21-13-15-33(16-14-21)29(36)27-18-22-5-2-3-8-26(22)34(27)19-20-9-11-24(31)12-10-20;1-32-14-10-21(11-15-32)19-31-28(35)23-12-16-33(17-13-23)29(36)27-18-24-4-2-3-5-26(24)34(27)20-22-6-8-25(30)9-7-22;1-31-13-12-23(30-31)17-29-26(34)20-10-14-32(15-11-20)27(35)25-16-21-4-2-3-5-24(21)33(25)18-19-6-8-22(28)9-7-19;1-31-17-23(30-18-31)15-29-26(34)20-10-12-32(13-11-20)27(35)25-14-21-4-2-3-5-24(21)33(25)16-19-6-8-22(28)9-7-19/h2-12,17-18,21H,13-16,19H2,1H3,(H,32,35);2-9,18,21,23H,10-17,19-20H2,1H3,(H,31,35);2-9,12-13,16,20H,10-11,14-15,17-18H2,1H3,(H,29,34);2-9,14,17-18,20H,10-13,15-16H2,1H3,(H,29,34). The fraction of sp³-hybridized carbons (Fsp3) is 0.319. The highest BCUT2D eigenvalue weighted by molar-refractivity contribution is 6.31. The molecule has 0 bridgehead atoms. The molecule has 0 atom stereocenters. The zero-order valence-corrected chi connectivity index (χ0v) is 84.3. The minimum absolute atomic E-state index is 0.00232. The molecule has 5 fully saturated rings. The average molecular weight is 2020 g/mol. The molecule has 5 aliphatic heterocycles. The highest BCUT2D eigenvalue weighted by Crippen LogP contribution is 2.34. The van der Waals surface area contributed by atoms with Gasteiger partial charge in [-0.3, -0.25) is 43.0 Å². The van der Waals surface area contributed by atoms with Crippen LogP contribution in [0.3, 0.4) is 0 Å². The minimum atomic E-state index is -0.457. The van der Waals surface area contributed by atoms with Gasteiger partial charge in [0.2, 0.25) is 23.6 Å². The number of halogens is 4. The monoisotopic (exact) mass is 2010 g/mol. The van der Waals surface area contributed by atoms with Crippen molar-refractivity contribution in [2.24, 2.45) is 43.7 Å².